The van der Waals surface area contributed by atoms with E-state index < -0.39 is 0 Å². The minimum absolute atomic E-state index is 0.0848. The molecule has 1 aliphatic rings. The van der Waals surface area contributed by atoms with Crippen LogP contribution in [0.3, 0.4) is 0 Å². The topological polar surface area (TPSA) is 78.6 Å². The number of likely N-dealkylation sites (N-methyl/N-ethyl adjacent to an activating group) is 1. The van der Waals surface area contributed by atoms with Crippen molar-refractivity contribution >= 4 is 11.4 Å². The molecule has 0 heterocycles. The van der Waals surface area contributed by atoms with Crippen molar-refractivity contribution in [3.8, 4) is 0 Å². The highest BCUT2D eigenvalue weighted by atomic mass is 16.6. The lowest BCUT2D eigenvalue weighted by molar-refractivity contribution is -0.384. The van der Waals surface area contributed by atoms with Gasteiger partial charge in [0, 0.05) is 25.7 Å². The lowest BCUT2D eigenvalue weighted by Gasteiger charge is -2.35. The largest absolute Gasteiger partial charge is 0.391 e. The molecule has 1 fully saturated rings. The first kappa shape index (κ1) is 15.7. The summed E-state index contributed by atoms with van der Waals surface area (Å²) in [4.78, 5) is 12.7. The zero-order valence-electron chi connectivity index (χ0n) is 12.6. The van der Waals surface area contributed by atoms with Crippen LogP contribution in [-0.2, 0) is 6.54 Å². The number of nitrogens with zero attached hydrogens (tertiary/aromatic N) is 2. The van der Waals surface area contributed by atoms with E-state index >= 15 is 0 Å². The normalized spacial score (nSPS) is 22.3. The number of rotatable bonds is 5. The number of aliphatic hydroxyl groups is 1. The highest BCUT2D eigenvalue weighted by molar-refractivity contribution is 5.62. The summed E-state index contributed by atoms with van der Waals surface area (Å²) in [6, 6.07) is 5.30. The van der Waals surface area contributed by atoms with Crippen LogP contribution in [0.5, 0.6) is 0 Å². The van der Waals surface area contributed by atoms with Crippen LogP contribution in [0.2, 0.25) is 0 Å². The maximum absolute atomic E-state index is 10.9. The lowest BCUT2D eigenvalue weighted by atomic mass is 9.91. The molecule has 1 aromatic rings. The van der Waals surface area contributed by atoms with Crippen molar-refractivity contribution in [1.29, 1.82) is 0 Å². The van der Waals surface area contributed by atoms with Gasteiger partial charge in [0.1, 0.15) is 5.69 Å². The van der Waals surface area contributed by atoms with Gasteiger partial charge in [0.05, 0.1) is 11.0 Å². The maximum Gasteiger partial charge on any atom is 0.292 e. The highest BCUT2D eigenvalue weighted by Gasteiger charge is 2.26. The van der Waals surface area contributed by atoms with Gasteiger partial charge in [-0.2, -0.15) is 0 Å². The molecule has 0 aromatic heterocycles. The first-order chi connectivity index (χ1) is 10.0. The van der Waals surface area contributed by atoms with E-state index in [1.54, 1.807) is 13.1 Å². The van der Waals surface area contributed by atoms with E-state index in [9.17, 15) is 15.2 Å². The van der Waals surface area contributed by atoms with Crippen LogP contribution < -0.4 is 5.32 Å². The first-order valence-electron chi connectivity index (χ1n) is 7.36. The number of hydrogen-bond donors (Lipinski definition) is 2. The fraction of sp³-hybridized carbons (Fsp3) is 0.600. The van der Waals surface area contributed by atoms with Crippen molar-refractivity contribution in [2.75, 3.05) is 19.4 Å². The summed E-state index contributed by atoms with van der Waals surface area (Å²) in [5.41, 5.74) is 1.61. The Labute approximate surface area is 124 Å². The number of anilines is 1. The molecule has 0 saturated heterocycles. The predicted octanol–water partition coefficient (Wildman–Crippen LogP) is 2.37. The van der Waals surface area contributed by atoms with E-state index in [2.05, 4.69) is 10.2 Å². The van der Waals surface area contributed by atoms with Crippen molar-refractivity contribution in [2.45, 2.75) is 44.4 Å². The van der Waals surface area contributed by atoms with E-state index in [4.69, 9.17) is 0 Å². The smallest absolute Gasteiger partial charge is 0.292 e. The molecule has 6 nitrogen and oxygen atoms in total. The van der Waals surface area contributed by atoms with Crippen LogP contribution in [0.4, 0.5) is 11.4 Å². The summed E-state index contributed by atoms with van der Waals surface area (Å²) in [5, 5.41) is 23.9. The minimum atomic E-state index is -0.385. The van der Waals surface area contributed by atoms with Crippen molar-refractivity contribution < 1.29 is 10.0 Å². The molecule has 0 spiro atoms. The highest BCUT2D eigenvalue weighted by Crippen LogP contribution is 2.27. The first-order valence-corrected chi connectivity index (χ1v) is 7.36. The molecule has 2 rings (SSSR count). The third-order valence-electron chi connectivity index (χ3n) is 4.22. The molecular weight excluding hydrogens is 270 g/mol. The fourth-order valence-corrected chi connectivity index (χ4v) is 3.05. The zero-order chi connectivity index (χ0) is 15.4. The molecule has 0 aliphatic heterocycles. The molecule has 21 heavy (non-hydrogen) atoms. The Kier molecular flexibility index (Phi) is 5.14. The quantitative estimate of drug-likeness (QED) is 0.643. The number of nitrogens with one attached hydrogen (secondary N) is 1. The number of benzene rings is 1. The summed E-state index contributed by atoms with van der Waals surface area (Å²) in [5.74, 6) is 0. The maximum atomic E-state index is 10.9. The molecule has 2 N–H and O–H groups in total. The predicted molar refractivity (Wildman–Crippen MR) is 82.4 cm³/mol. The number of nitro benzene ring substituents is 1. The van der Waals surface area contributed by atoms with Crippen LogP contribution in [-0.4, -0.2) is 41.2 Å². The Morgan fingerprint density at radius 3 is 2.76 bits per heavy atom. The second kappa shape index (κ2) is 6.87. The van der Waals surface area contributed by atoms with Gasteiger partial charge in [-0.3, -0.25) is 15.0 Å². The van der Waals surface area contributed by atoms with E-state index in [0.29, 0.717) is 12.2 Å². The number of hydrogen-bond acceptors (Lipinski definition) is 5. The third kappa shape index (κ3) is 3.71. The van der Waals surface area contributed by atoms with Crippen LogP contribution in [0.1, 0.15) is 31.2 Å². The van der Waals surface area contributed by atoms with Gasteiger partial charge in [-0.05, 0) is 31.5 Å². The Bertz CT molecular complexity index is 507. The van der Waals surface area contributed by atoms with Crippen molar-refractivity contribution in [2.24, 2.45) is 0 Å². The number of nitro groups is 1. The summed E-state index contributed by atoms with van der Waals surface area (Å²) in [7, 11) is 3.68. The second-order valence-corrected chi connectivity index (χ2v) is 5.69. The van der Waals surface area contributed by atoms with Crippen LogP contribution >= 0.6 is 0 Å². The molecule has 6 heteroatoms. The van der Waals surface area contributed by atoms with E-state index in [-0.39, 0.29) is 22.8 Å². The van der Waals surface area contributed by atoms with Crippen LogP contribution in [0.25, 0.3) is 0 Å². The molecule has 0 radical (unpaired) electrons. The van der Waals surface area contributed by atoms with E-state index in [1.807, 2.05) is 13.1 Å². The Morgan fingerprint density at radius 2 is 2.14 bits per heavy atom. The van der Waals surface area contributed by atoms with Gasteiger partial charge in [0.15, 0.2) is 0 Å². The van der Waals surface area contributed by atoms with Gasteiger partial charge in [-0.15, -0.1) is 0 Å². The van der Waals surface area contributed by atoms with Crippen molar-refractivity contribution in [3.63, 3.8) is 0 Å². The third-order valence-corrected chi connectivity index (χ3v) is 4.22. The Hall–Kier alpha value is -1.66. The SMILES string of the molecule is CNc1cc(CN(C)C2CCCCC2O)ccc1[N+](=O)[O-]. The van der Waals surface area contributed by atoms with Gasteiger partial charge in [-0.25, -0.2) is 0 Å². The molecule has 1 saturated carbocycles. The molecule has 2 unspecified atom stereocenters. The van der Waals surface area contributed by atoms with E-state index in [0.717, 1.165) is 31.2 Å². The standard InChI is InChI=1S/C15H23N3O3/c1-16-12-9-11(7-8-13(12)18(20)21)10-17(2)14-5-3-4-6-15(14)19/h7-9,14-16,19H,3-6,10H2,1-2H3. The van der Waals surface area contributed by atoms with Gasteiger partial charge in [0.2, 0.25) is 0 Å². The Balaban J connectivity index is 2.10. The zero-order valence-corrected chi connectivity index (χ0v) is 12.6. The summed E-state index contributed by atoms with van der Waals surface area (Å²) in [6.45, 7) is 0.675. The molecule has 1 aromatic carbocycles. The summed E-state index contributed by atoms with van der Waals surface area (Å²) >= 11 is 0. The van der Waals surface area contributed by atoms with Gasteiger partial charge < -0.3 is 10.4 Å². The van der Waals surface area contributed by atoms with Crippen molar-refractivity contribution in [1.82, 2.24) is 4.90 Å². The minimum Gasteiger partial charge on any atom is -0.391 e. The van der Waals surface area contributed by atoms with Gasteiger partial charge in [0.25, 0.3) is 5.69 Å². The fourth-order valence-electron chi connectivity index (χ4n) is 3.05. The molecule has 1 aliphatic carbocycles. The van der Waals surface area contributed by atoms with Crippen LogP contribution in [0.15, 0.2) is 18.2 Å². The average Bonchev–Trinajstić information content (AvgIpc) is 2.47. The van der Waals surface area contributed by atoms with Crippen molar-refractivity contribution in [3.05, 3.63) is 33.9 Å². The summed E-state index contributed by atoms with van der Waals surface area (Å²) < 4.78 is 0. The second-order valence-electron chi connectivity index (χ2n) is 5.69. The monoisotopic (exact) mass is 293 g/mol. The average molecular weight is 293 g/mol. The molecule has 0 amide bonds. The van der Waals surface area contributed by atoms with E-state index in [1.165, 1.54) is 6.07 Å². The van der Waals surface area contributed by atoms with Gasteiger partial charge in [-0.1, -0.05) is 18.9 Å². The number of aliphatic hydroxyl groups excluding tert-OH is 1. The van der Waals surface area contributed by atoms with Crippen LogP contribution in [0, 0.1) is 10.1 Å². The molecular formula is C15H23N3O3. The molecule has 0 bridgehead atoms. The Morgan fingerprint density at radius 1 is 1.43 bits per heavy atom. The summed E-state index contributed by atoms with van der Waals surface area (Å²) in [6.07, 6.45) is 3.83. The van der Waals surface area contributed by atoms with Gasteiger partial charge >= 0.3 is 0 Å². The molecule has 116 valence electrons. The molecule has 2 atom stereocenters. The lowest BCUT2D eigenvalue weighted by Crippen LogP contribution is -2.42.